The van der Waals surface area contributed by atoms with Crippen molar-refractivity contribution in [2.45, 2.75) is 23.5 Å². The maximum atomic E-state index is 6.52. The highest BCUT2D eigenvalue weighted by molar-refractivity contribution is 7.98. The van der Waals surface area contributed by atoms with Gasteiger partial charge in [0.15, 0.2) is 0 Å². The molecule has 1 aliphatic heterocycles. The molecule has 4 rings (SSSR count). The van der Waals surface area contributed by atoms with Crippen molar-refractivity contribution in [3.63, 3.8) is 0 Å². The van der Waals surface area contributed by atoms with E-state index in [9.17, 15) is 0 Å². The lowest BCUT2D eigenvalue weighted by molar-refractivity contribution is 0.709. The summed E-state index contributed by atoms with van der Waals surface area (Å²) in [4.78, 5) is 1.28. The first-order valence-corrected chi connectivity index (χ1v) is 10.2. The normalized spacial score (nSPS) is 14.7. The Morgan fingerprint density at radius 1 is 1.09 bits per heavy atom. The second kappa shape index (κ2) is 6.86. The molecule has 0 saturated carbocycles. The number of benzene rings is 2. The second-order valence-corrected chi connectivity index (χ2v) is 8.19. The minimum Gasteiger partial charge on any atom is -0.316 e. The van der Waals surface area contributed by atoms with Crippen LogP contribution in [0.4, 0.5) is 0 Å². The molecule has 4 heteroatoms. The molecule has 0 amide bonds. The average Bonchev–Trinajstić information content (AvgIpc) is 2.90. The zero-order chi connectivity index (χ0) is 15.6. The summed E-state index contributed by atoms with van der Waals surface area (Å²) < 4.78 is 1.37. The van der Waals surface area contributed by atoms with Crippen molar-refractivity contribution < 1.29 is 0 Å². The van der Waals surface area contributed by atoms with Crippen molar-refractivity contribution in [1.29, 1.82) is 0 Å². The Bertz CT molecular complexity index is 841. The van der Waals surface area contributed by atoms with E-state index in [1.165, 1.54) is 31.7 Å². The molecule has 118 valence electrons. The van der Waals surface area contributed by atoms with Crippen LogP contribution in [0.2, 0.25) is 5.02 Å². The Kier molecular flexibility index (Phi) is 4.63. The second-order valence-electron chi connectivity index (χ2n) is 5.85. The molecule has 3 aromatic rings. The monoisotopic (exact) mass is 359 g/mol. The summed E-state index contributed by atoms with van der Waals surface area (Å²) in [6.45, 7) is 2.11. The third kappa shape index (κ3) is 3.29. The van der Waals surface area contributed by atoms with Crippen molar-refractivity contribution in [3.05, 3.63) is 63.5 Å². The van der Waals surface area contributed by atoms with Gasteiger partial charge in [-0.1, -0.05) is 29.8 Å². The molecule has 0 fully saturated rings. The minimum atomic E-state index is 0.896. The molecule has 2 aromatic carbocycles. The molecular formula is C19H18ClNS2. The summed E-state index contributed by atoms with van der Waals surface area (Å²) in [6.07, 6.45) is 2.17. The Morgan fingerprint density at radius 2 is 2.00 bits per heavy atom. The molecule has 0 unspecified atom stereocenters. The van der Waals surface area contributed by atoms with Crippen LogP contribution in [0.3, 0.4) is 0 Å². The molecule has 0 bridgehead atoms. The molecule has 1 aliphatic rings. The smallest absolute Gasteiger partial charge is 0.0544 e. The number of hydrogen-bond acceptors (Lipinski definition) is 3. The van der Waals surface area contributed by atoms with Gasteiger partial charge >= 0.3 is 0 Å². The number of fused-ring (bicyclic) bond motifs is 2. The largest absolute Gasteiger partial charge is 0.316 e. The molecule has 2 heterocycles. The van der Waals surface area contributed by atoms with Crippen LogP contribution in [-0.4, -0.2) is 13.1 Å². The first-order chi connectivity index (χ1) is 11.3. The van der Waals surface area contributed by atoms with Crippen molar-refractivity contribution in [2.24, 2.45) is 0 Å². The minimum absolute atomic E-state index is 0.896. The van der Waals surface area contributed by atoms with Gasteiger partial charge in [0.25, 0.3) is 0 Å². The lowest BCUT2D eigenvalue weighted by atomic mass is 10.0. The van der Waals surface area contributed by atoms with Gasteiger partial charge in [0, 0.05) is 15.3 Å². The number of hydrogen-bond donors (Lipinski definition) is 1. The van der Waals surface area contributed by atoms with Crippen LogP contribution in [0.1, 0.15) is 16.7 Å². The summed E-state index contributed by atoms with van der Waals surface area (Å²) in [5, 5.41) is 7.87. The van der Waals surface area contributed by atoms with Gasteiger partial charge in [0.05, 0.1) is 5.02 Å². The van der Waals surface area contributed by atoms with E-state index in [1.807, 2.05) is 23.1 Å². The molecule has 23 heavy (non-hydrogen) atoms. The Hall–Kier alpha value is -1.00. The maximum absolute atomic E-state index is 6.52. The number of halogens is 1. The van der Waals surface area contributed by atoms with Crippen molar-refractivity contribution >= 4 is 44.8 Å². The van der Waals surface area contributed by atoms with E-state index in [4.69, 9.17) is 11.6 Å². The third-order valence-electron chi connectivity index (χ3n) is 4.34. The Labute approximate surface area is 150 Å². The van der Waals surface area contributed by atoms with Crippen LogP contribution in [0.5, 0.6) is 0 Å². The molecule has 1 N–H and O–H groups in total. The summed E-state index contributed by atoms with van der Waals surface area (Å²) in [5.74, 6) is 0.970. The molecular weight excluding hydrogens is 342 g/mol. The molecule has 0 atom stereocenters. The van der Waals surface area contributed by atoms with E-state index in [-0.39, 0.29) is 0 Å². The summed E-state index contributed by atoms with van der Waals surface area (Å²) >= 11 is 10.2. The quantitative estimate of drug-likeness (QED) is 0.616. The lowest BCUT2D eigenvalue weighted by Crippen LogP contribution is -2.16. The highest BCUT2D eigenvalue weighted by atomic mass is 35.5. The van der Waals surface area contributed by atoms with Gasteiger partial charge in [-0.15, -0.1) is 23.1 Å². The lowest BCUT2D eigenvalue weighted by Gasteiger charge is -2.14. The topological polar surface area (TPSA) is 12.0 Å². The van der Waals surface area contributed by atoms with E-state index < -0.39 is 0 Å². The fourth-order valence-corrected chi connectivity index (χ4v) is 5.41. The first kappa shape index (κ1) is 15.5. The zero-order valence-corrected chi connectivity index (χ0v) is 15.2. The molecule has 0 spiro atoms. The van der Waals surface area contributed by atoms with E-state index in [2.05, 4.69) is 47.1 Å². The molecule has 0 aliphatic carbocycles. The highest BCUT2D eigenvalue weighted by Gasteiger charge is 2.15. The van der Waals surface area contributed by atoms with E-state index in [0.717, 1.165) is 36.7 Å². The molecule has 1 nitrogen and oxygen atoms in total. The van der Waals surface area contributed by atoms with Gasteiger partial charge in [0.2, 0.25) is 0 Å². The average molecular weight is 360 g/mol. The van der Waals surface area contributed by atoms with Crippen molar-refractivity contribution in [2.75, 3.05) is 13.1 Å². The summed E-state index contributed by atoms with van der Waals surface area (Å²) in [7, 11) is 0. The number of nitrogens with one attached hydrogen (secondary N) is 1. The SMILES string of the molecule is Clc1ccc2c(c1SCc1ccc3ccsc3c1)CCNCC2. The van der Waals surface area contributed by atoms with Crippen molar-refractivity contribution in [3.8, 4) is 0 Å². The fraction of sp³-hybridized carbons (Fsp3) is 0.263. The van der Waals surface area contributed by atoms with Crippen LogP contribution in [0.25, 0.3) is 10.1 Å². The number of thiophene rings is 1. The summed E-state index contributed by atoms with van der Waals surface area (Å²) in [6, 6.07) is 13.2. The third-order valence-corrected chi connectivity index (χ3v) is 6.88. The van der Waals surface area contributed by atoms with Crippen molar-refractivity contribution in [1.82, 2.24) is 5.32 Å². The highest BCUT2D eigenvalue weighted by Crippen LogP contribution is 2.36. The Morgan fingerprint density at radius 3 is 2.96 bits per heavy atom. The van der Waals surface area contributed by atoms with Gasteiger partial charge in [-0.25, -0.2) is 0 Å². The fourth-order valence-electron chi connectivity index (χ4n) is 3.11. The summed E-state index contributed by atoms with van der Waals surface area (Å²) in [5.41, 5.74) is 4.27. The first-order valence-electron chi connectivity index (χ1n) is 7.91. The van der Waals surface area contributed by atoms with Crippen LogP contribution in [0, 0.1) is 0 Å². The van der Waals surface area contributed by atoms with Gasteiger partial charge in [-0.2, -0.15) is 0 Å². The van der Waals surface area contributed by atoms with Gasteiger partial charge in [0.1, 0.15) is 0 Å². The van der Waals surface area contributed by atoms with Crippen LogP contribution >= 0.6 is 34.7 Å². The van der Waals surface area contributed by atoms with Crippen LogP contribution in [0.15, 0.2) is 46.7 Å². The van der Waals surface area contributed by atoms with Crippen LogP contribution < -0.4 is 5.32 Å². The van der Waals surface area contributed by atoms with E-state index >= 15 is 0 Å². The maximum Gasteiger partial charge on any atom is 0.0544 e. The van der Waals surface area contributed by atoms with E-state index in [1.54, 1.807) is 0 Å². The molecule has 0 saturated heterocycles. The number of thioether (sulfide) groups is 1. The predicted octanol–water partition coefficient (Wildman–Crippen LogP) is 5.54. The van der Waals surface area contributed by atoms with Gasteiger partial charge in [-0.05, 0) is 71.6 Å². The molecule has 1 aromatic heterocycles. The molecule has 0 radical (unpaired) electrons. The van der Waals surface area contributed by atoms with Crippen LogP contribution in [-0.2, 0) is 18.6 Å². The van der Waals surface area contributed by atoms with Gasteiger partial charge < -0.3 is 5.32 Å². The predicted molar refractivity (Wildman–Crippen MR) is 103 cm³/mol. The Balaban J connectivity index is 1.60. The standard InChI is InChI=1S/C19H18ClNS2/c20-17-4-3-14-5-8-21-9-6-16(14)19(17)23-12-13-1-2-15-7-10-22-18(15)11-13/h1-4,7,10-11,21H,5-6,8-9,12H2. The van der Waals surface area contributed by atoms with Gasteiger partial charge in [-0.3, -0.25) is 0 Å². The zero-order valence-electron chi connectivity index (χ0n) is 12.8. The number of rotatable bonds is 3. The van der Waals surface area contributed by atoms with E-state index in [0.29, 0.717) is 0 Å².